The van der Waals surface area contributed by atoms with Gasteiger partial charge in [-0.3, -0.25) is 4.79 Å². The van der Waals surface area contributed by atoms with Crippen LogP contribution in [0.3, 0.4) is 0 Å². The van der Waals surface area contributed by atoms with Crippen molar-refractivity contribution in [3.05, 3.63) is 60.4 Å². The maximum atomic E-state index is 12.4. The highest BCUT2D eigenvalue weighted by molar-refractivity contribution is 6.04. The SMILES string of the molecule is CCOC(=O)C[n+]1cccc(C(=O)N(N)c2ccccc2)c1. The van der Waals surface area contributed by atoms with Gasteiger partial charge in [0.1, 0.15) is 5.56 Å². The number of carbonyl (C=O) groups excluding carboxylic acids is 2. The Morgan fingerprint density at radius 2 is 1.91 bits per heavy atom. The molecule has 0 aliphatic carbocycles. The van der Waals surface area contributed by atoms with E-state index >= 15 is 0 Å². The fourth-order valence-corrected chi connectivity index (χ4v) is 1.95. The summed E-state index contributed by atoms with van der Waals surface area (Å²) in [6, 6.07) is 12.3. The number of ether oxygens (including phenoxy) is 1. The third-order valence-corrected chi connectivity index (χ3v) is 2.98. The number of aromatic nitrogens is 1. The van der Waals surface area contributed by atoms with E-state index in [0.717, 1.165) is 5.01 Å². The maximum Gasteiger partial charge on any atom is 0.372 e. The molecular weight excluding hydrogens is 282 g/mol. The molecule has 1 aromatic carbocycles. The van der Waals surface area contributed by atoms with E-state index in [9.17, 15) is 9.59 Å². The lowest BCUT2D eigenvalue weighted by Crippen LogP contribution is -2.42. The average Bonchev–Trinajstić information content (AvgIpc) is 2.54. The summed E-state index contributed by atoms with van der Waals surface area (Å²) in [6.07, 6.45) is 3.26. The van der Waals surface area contributed by atoms with Gasteiger partial charge in [-0.15, -0.1) is 0 Å². The number of hydrazine groups is 1. The van der Waals surface area contributed by atoms with Crippen molar-refractivity contribution < 1.29 is 18.9 Å². The Kier molecular flexibility index (Phi) is 5.21. The highest BCUT2D eigenvalue weighted by Gasteiger charge is 2.18. The van der Waals surface area contributed by atoms with E-state index in [1.54, 1.807) is 60.3 Å². The van der Waals surface area contributed by atoms with Crippen molar-refractivity contribution in [2.45, 2.75) is 13.5 Å². The Hall–Kier alpha value is -2.73. The van der Waals surface area contributed by atoms with Gasteiger partial charge in [0.05, 0.1) is 12.3 Å². The number of hydrogen-bond donors (Lipinski definition) is 1. The summed E-state index contributed by atoms with van der Waals surface area (Å²) < 4.78 is 6.47. The standard InChI is InChI=1S/C16H18N3O3/c1-2-22-15(20)12-18-10-6-7-13(11-18)16(21)19(17)14-8-4-3-5-9-14/h3-11H,2,12,17H2,1H3/q+1. The van der Waals surface area contributed by atoms with Gasteiger partial charge in [-0.05, 0) is 25.1 Å². The van der Waals surface area contributed by atoms with Crippen LogP contribution in [0.25, 0.3) is 0 Å². The van der Waals surface area contributed by atoms with Gasteiger partial charge >= 0.3 is 5.97 Å². The predicted molar refractivity (Wildman–Crippen MR) is 80.7 cm³/mol. The molecule has 0 unspecified atom stereocenters. The molecule has 0 fully saturated rings. The van der Waals surface area contributed by atoms with Gasteiger partial charge in [-0.2, -0.15) is 4.57 Å². The van der Waals surface area contributed by atoms with E-state index < -0.39 is 0 Å². The number of anilines is 1. The van der Waals surface area contributed by atoms with Crippen LogP contribution in [0.5, 0.6) is 0 Å². The lowest BCUT2D eigenvalue weighted by molar-refractivity contribution is -0.686. The van der Waals surface area contributed by atoms with Gasteiger partial charge in [0.2, 0.25) is 6.54 Å². The van der Waals surface area contributed by atoms with Crippen LogP contribution in [0.4, 0.5) is 5.69 Å². The third kappa shape index (κ3) is 3.89. The molecule has 6 nitrogen and oxygen atoms in total. The Morgan fingerprint density at radius 3 is 2.59 bits per heavy atom. The first-order valence-corrected chi connectivity index (χ1v) is 6.90. The van der Waals surface area contributed by atoms with Gasteiger partial charge in [-0.1, -0.05) is 18.2 Å². The molecule has 1 heterocycles. The van der Waals surface area contributed by atoms with E-state index in [-0.39, 0.29) is 18.4 Å². The summed E-state index contributed by atoms with van der Waals surface area (Å²) in [5.41, 5.74) is 0.978. The van der Waals surface area contributed by atoms with Crippen molar-refractivity contribution in [1.82, 2.24) is 0 Å². The first-order chi connectivity index (χ1) is 10.6. The highest BCUT2D eigenvalue weighted by atomic mass is 16.5. The van der Waals surface area contributed by atoms with Gasteiger partial charge in [0, 0.05) is 6.07 Å². The fourth-order valence-electron chi connectivity index (χ4n) is 1.95. The van der Waals surface area contributed by atoms with E-state index in [4.69, 9.17) is 10.6 Å². The molecule has 0 spiro atoms. The molecule has 1 aromatic heterocycles. The zero-order chi connectivity index (χ0) is 15.9. The molecule has 0 aliphatic rings. The van der Waals surface area contributed by atoms with E-state index in [0.29, 0.717) is 17.9 Å². The summed E-state index contributed by atoms with van der Waals surface area (Å²) in [5, 5.41) is 1.07. The van der Waals surface area contributed by atoms with Crippen molar-refractivity contribution in [2.24, 2.45) is 5.84 Å². The molecule has 114 valence electrons. The summed E-state index contributed by atoms with van der Waals surface area (Å²) in [6.45, 7) is 2.11. The first-order valence-electron chi connectivity index (χ1n) is 6.90. The van der Waals surface area contributed by atoms with Gasteiger partial charge in [0.15, 0.2) is 12.4 Å². The minimum atomic E-state index is -0.357. The number of benzene rings is 1. The second-order valence-corrected chi connectivity index (χ2v) is 4.58. The molecule has 0 radical (unpaired) electrons. The van der Waals surface area contributed by atoms with E-state index in [1.165, 1.54) is 0 Å². The number of nitrogens with two attached hydrogens (primary N) is 1. The number of hydrogen-bond acceptors (Lipinski definition) is 4. The summed E-state index contributed by atoms with van der Waals surface area (Å²) >= 11 is 0. The van der Waals surface area contributed by atoms with Crippen LogP contribution >= 0.6 is 0 Å². The number of pyridine rings is 1. The fraction of sp³-hybridized carbons (Fsp3) is 0.188. The van der Waals surface area contributed by atoms with Gasteiger partial charge < -0.3 is 4.74 Å². The average molecular weight is 300 g/mol. The van der Waals surface area contributed by atoms with Gasteiger partial charge in [0.25, 0.3) is 5.91 Å². The Labute approximate surface area is 128 Å². The van der Waals surface area contributed by atoms with Crippen LogP contribution in [0.2, 0.25) is 0 Å². The first kappa shape index (κ1) is 15.7. The quantitative estimate of drug-likeness (QED) is 0.294. The Bertz CT molecular complexity index is 659. The zero-order valence-electron chi connectivity index (χ0n) is 12.3. The molecule has 22 heavy (non-hydrogen) atoms. The largest absolute Gasteiger partial charge is 0.461 e. The summed E-state index contributed by atoms with van der Waals surface area (Å²) in [7, 11) is 0. The second-order valence-electron chi connectivity index (χ2n) is 4.58. The van der Waals surface area contributed by atoms with Crippen molar-refractivity contribution in [2.75, 3.05) is 11.6 Å². The summed E-state index contributed by atoms with van der Waals surface area (Å²) in [5.74, 6) is 5.14. The minimum Gasteiger partial charge on any atom is -0.461 e. The van der Waals surface area contributed by atoms with Crippen molar-refractivity contribution in [3.8, 4) is 0 Å². The molecule has 0 saturated heterocycles. The molecule has 2 rings (SSSR count). The van der Waals surface area contributed by atoms with E-state index in [2.05, 4.69) is 0 Å². The van der Waals surface area contributed by atoms with Crippen LogP contribution in [0, 0.1) is 0 Å². The smallest absolute Gasteiger partial charge is 0.372 e. The second kappa shape index (κ2) is 7.33. The number of nitrogens with zero attached hydrogens (tertiary/aromatic N) is 2. The lowest BCUT2D eigenvalue weighted by Gasteiger charge is -2.15. The molecular formula is C16H18N3O3+. The normalized spacial score (nSPS) is 10.1. The van der Waals surface area contributed by atoms with E-state index in [1.807, 2.05) is 6.07 Å². The summed E-state index contributed by atoms with van der Waals surface area (Å²) in [4.78, 5) is 23.9. The molecule has 2 aromatic rings. The van der Waals surface area contributed by atoms with Gasteiger partial charge in [-0.25, -0.2) is 15.6 Å². The molecule has 0 saturated carbocycles. The number of esters is 1. The van der Waals surface area contributed by atoms with Crippen LogP contribution < -0.4 is 15.4 Å². The monoisotopic (exact) mass is 300 g/mol. The van der Waals surface area contributed by atoms with Crippen LogP contribution in [-0.4, -0.2) is 18.5 Å². The molecule has 0 bridgehead atoms. The Morgan fingerprint density at radius 1 is 1.18 bits per heavy atom. The highest BCUT2D eigenvalue weighted by Crippen LogP contribution is 2.12. The predicted octanol–water partition coefficient (Wildman–Crippen LogP) is 1.06. The minimum absolute atomic E-state index is 0.0465. The number of rotatable bonds is 5. The molecule has 1 amide bonds. The van der Waals surface area contributed by atoms with Crippen molar-refractivity contribution in [1.29, 1.82) is 0 Å². The number of para-hydroxylation sites is 1. The molecule has 6 heteroatoms. The van der Waals surface area contributed by atoms with Crippen LogP contribution in [0.1, 0.15) is 17.3 Å². The topological polar surface area (TPSA) is 76.5 Å². The maximum absolute atomic E-state index is 12.4. The third-order valence-electron chi connectivity index (χ3n) is 2.98. The number of amides is 1. The van der Waals surface area contributed by atoms with Crippen LogP contribution in [-0.2, 0) is 16.1 Å². The Balaban J connectivity index is 2.15. The zero-order valence-corrected chi connectivity index (χ0v) is 12.3. The molecule has 0 atom stereocenters. The molecule has 2 N–H and O–H groups in total. The van der Waals surface area contributed by atoms with Crippen molar-refractivity contribution in [3.63, 3.8) is 0 Å². The van der Waals surface area contributed by atoms with Crippen molar-refractivity contribution >= 4 is 17.6 Å². The molecule has 0 aliphatic heterocycles. The van der Waals surface area contributed by atoms with Crippen LogP contribution in [0.15, 0.2) is 54.9 Å². The lowest BCUT2D eigenvalue weighted by atomic mass is 10.2. The number of carbonyl (C=O) groups is 2.